The van der Waals surface area contributed by atoms with Crippen molar-refractivity contribution in [1.82, 2.24) is 0 Å². The van der Waals surface area contributed by atoms with Crippen molar-refractivity contribution in [2.45, 2.75) is 11.7 Å². The molecule has 1 aliphatic rings. The molecule has 96 valence electrons. The molecule has 2 heterocycles. The van der Waals surface area contributed by atoms with Crippen LogP contribution in [0.4, 0.5) is 0 Å². The molecule has 1 unspecified atom stereocenters. The lowest BCUT2D eigenvalue weighted by molar-refractivity contribution is 0.607. The predicted octanol–water partition coefficient (Wildman–Crippen LogP) is 4.42. The molecule has 0 aliphatic carbocycles. The molecule has 0 radical (unpaired) electrons. The van der Waals surface area contributed by atoms with Gasteiger partial charge < -0.3 is 4.42 Å². The average Bonchev–Trinajstić information content (AvgIpc) is 3.07. The molecule has 1 atom stereocenters. The van der Waals surface area contributed by atoms with Crippen molar-refractivity contribution in [3.63, 3.8) is 0 Å². The molecular weight excluding hydrogens is 280 g/mol. The molecule has 5 heteroatoms. The smallest absolute Gasteiger partial charge is 0.148 e. The number of para-hydroxylation sites is 1. The summed E-state index contributed by atoms with van der Waals surface area (Å²) >= 11 is 7.74. The van der Waals surface area contributed by atoms with Crippen molar-refractivity contribution >= 4 is 45.7 Å². The summed E-state index contributed by atoms with van der Waals surface area (Å²) in [5.74, 6) is 0.673. The number of allylic oxidation sites excluding steroid dienone is 1. The van der Waals surface area contributed by atoms with E-state index in [1.165, 1.54) is 0 Å². The fourth-order valence-electron chi connectivity index (χ4n) is 1.81. The number of furan rings is 1. The minimum atomic E-state index is 0.203. The monoisotopic (exact) mass is 290 g/mol. The first kappa shape index (κ1) is 12.5. The van der Waals surface area contributed by atoms with Crippen molar-refractivity contribution in [2.75, 3.05) is 0 Å². The van der Waals surface area contributed by atoms with Gasteiger partial charge in [0.15, 0.2) is 0 Å². The molecule has 3 rings (SSSR count). The molecule has 2 aromatic rings. The number of benzene rings is 1. The lowest BCUT2D eigenvalue weighted by Crippen LogP contribution is -2.06. The Bertz CT molecular complexity index is 634. The van der Waals surface area contributed by atoms with Gasteiger partial charge in [0.2, 0.25) is 0 Å². The Morgan fingerprint density at radius 3 is 3.11 bits per heavy atom. The van der Waals surface area contributed by atoms with Crippen LogP contribution in [0.5, 0.6) is 0 Å². The van der Waals surface area contributed by atoms with E-state index >= 15 is 0 Å². The van der Waals surface area contributed by atoms with Gasteiger partial charge in [-0.15, -0.1) is 16.9 Å². The Kier molecular flexibility index (Phi) is 3.71. The lowest BCUT2D eigenvalue weighted by Gasteiger charge is -2.02. The van der Waals surface area contributed by atoms with E-state index in [-0.39, 0.29) is 5.25 Å². The van der Waals surface area contributed by atoms with Gasteiger partial charge in [-0.05, 0) is 24.0 Å². The molecule has 0 amide bonds. The average molecular weight is 291 g/mol. The fourth-order valence-corrected chi connectivity index (χ4v) is 2.89. The molecule has 0 spiro atoms. The van der Waals surface area contributed by atoms with E-state index in [1.54, 1.807) is 18.0 Å². The number of hydrogen-bond donors (Lipinski definition) is 0. The highest BCUT2D eigenvalue weighted by atomic mass is 35.5. The molecule has 0 N–H and O–H groups in total. The maximum Gasteiger partial charge on any atom is 0.148 e. The van der Waals surface area contributed by atoms with E-state index in [2.05, 4.69) is 16.3 Å². The van der Waals surface area contributed by atoms with Crippen molar-refractivity contribution in [3.05, 3.63) is 47.6 Å². The minimum absolute atomic E-state index is 0.203. The van der Waals surface area contributed by atoms with Crippen LogP contribution in [-0.2, 0) is 0 Å². The maximum absolute atomic E-state index is 6.08. The minimum Gasteiger partial charge on any atom is -0.455 e. The van der Waals surface area contributed by atoms with Crippen molar-refractivity contribution in [1.29, 1.82) is 0 Å². The zero-order valence-electron chi connectivity index (χ0n) is 9.99. The molecular formula is C14H11ClN2OS. The SMILES string of the molecule is Cl/C(=N\N=Cc1cc2ccccc2o1)C1CC=CS1. The predicted molar refractivity (Wildman–Crippen MR) is 82.2 cm³/mol. The van der Waals surface area contributed by atoms with Crippen LogP contribution >= 0.6 is 23.4 Å². The molecule has 1 aromatic heterocycles. The number of fused-ring (bicyclic) bond motifs is 1. The molecule has 19 heavy (non-hydrogen) atoms. The Morgan fingerprint density at radius 1 is 1.42 bits per heavy atom. The van der Waals surface area contributed by atoms with Gasteiger partial charge in [-0.3, -0.25) is 0 Å². The quantitative estimate of drug-likeness (QED) is 0.620. The maximum atomic E-state index is 6.08. The highest BCUT2D eigenvalue weighted by molar-refractivity contribution is 8.03. The molecule has 0 saturated carbocycles. The summed E-state index contributed by atoms with van der Waals surface area (Å²) in [6, 6.07) is 9.75. The van der Waals surface area contributed by atoms with Crippen LogP contribution in [0.25, 0.3) is 11.0 Å². The van der Waals surface area contributed by atoms with Crippen LogP contribution in [0.2, 0.25) is 0 Å². The van der Waals surface area contributed by atoms with Crippen molar-refractivity contribution < 1.29 is 4.42 Å². The van der Waals surface area contributed by atoms with E-state index in [4.69, 9.17) is 16.0 Å². The zero-order chi connectivity index (χ0) is 13.1. The van der Waals surface area contributed by atoms with Gasteiger partial charge in [-0.25, -0.2) is 0 Å². The van der Waals surface area contributed by atoms with Gasteiger partial charge in [0, 0.05) is 5.39 Å². The molecule has 0 bridgehead atoms. The van der Waals surface area contributed by atoms with Gasteiger partial charge in [-0.1, -0.05) is 35.9 Å². The van der Waals surface area contributed by atoms with E-state index in [0.29, 0.717) is 10.9 Å². The number of nitrogens with zero attached hydrogens (tertiary/aromatic N) is 2. The van der Waals surface area contributed by atoms with E-state index < -0.39 is 0 Å². The number of rotatable bonds is 3. The summed E-state index contributed by atoms with van der Waals surface area (Å²) in [5, 5.41) is 11.8. The fraction of sp³-hybridized carbons (Fsp3) is 0.143. The second-order valence-electron chi connectivity index (χ2n) is 4.09. The third kappa shape index (κ3) is 2.91. The van der Waals surface area contributed by atoms with Crippen LogP contribution < -0.4 is 0 Å². The Balaban J connectivity index is 1.73. The van der Waals surface area contributed by atoms with Gasteiger partial charge in [0.25, 0.3) is 0 Å². The summed E-state index contributed by atoms with van der Waals surface area (Å²) in [6.07, 6.45) is 4.57. The van der Waals surface area contributed by atoms with Crippen molar-refractivity contribution in [2.24, 2.45) is 10.2 Å². The highest BCUT2D eigenvalue weighted by Gasteiger charge is 2.15. The normalized spacial score (nSPS) is 19.8. The van der Waals surface area contributed by atoms with E-state index in [1.807, 2.05) is 35.7 Å². The zero-order valence-corrected chi connectivity index (χ0v) is 11.6. The van der Waals surface area contributed by atoms with Crippen LogP contribution in [0.1, 0.15) is 12.2 Å². The second kappa shape index (κ2) is 5.63. The summed E-state index contributed by atoms with van der Waals surface area (Å²) in [6.45, 7) is 0. The topological polar surface area (TPSA) is 37.9 Å². The van der Waals surface area contributed by atoms with Crippen LogP contribution in [-0.4, -0.2) is 16.6 Å². The Morgan fingerprint density at radius 2 is 2.32 bits per heavy atom. The van der Waals surface area contributed by atoms with Crippen LogP contribution in [0, 0.1) is 0 Å². The molecule has 0 fully saturated rings. The standard InChI is InChI=1S/C14H11ClN2OS/c15-14(13-6-3-7-19-13)17-16-9-11-8-10-4-1-2-5-12(10)18-11/h1-5,7-9,13H,6H2/b16-9?,17-14-. The molecule has 1 aliphatic heterocycles. The Labute approximate surface area is 120 Å². The van der Waals surface area contributed by atoms with E-state index in [9.17, 15) is 0 Å². The van der Waals surface area contributed by atoms with Gasteiger partial charge in [-0.2, -0.15) is 5.10 Å². The molecule has 3 nitrogen and oxygen atoms in total. The molecule has 1 aromatic carbocycles. The summed E-state index contributed by atoms with van der Waals surface area (Å²) in [5.41, 5.74) is 0.842. The lowest BCUT2D eigenvalue weighted by atomic mass is 10.2. The first-order chi connectivity index (χ1) is 9.33. The van der Waals surface area contributed by atoms with Crippen LogP contribution in [0.15, 0.2) is 56.4 Å². The van der Waals surface area contributed by atoms with Crippen molar-refractivity contribution in [3.8, 4) is 0 Å². The molecule has 0 saturated heterocycles. The number of thioether (sulfide) groups is 1. The Hall–Kier alpha value is -1.52. The first-order valence-electron chi connectivity index (χ1n) is 5.88. The first-order valence-corrected chi connectivity index (χ1v) is 7.20. The summed E-state index contributed by atoms with van der Waals surface area (Å²) in [7, 11) is 0. The largest absolute Gasteiger partial charge is 0.455 e. The van der Waals surface area contributed by atoms with E-state index in [0.717, 1.165) is 17.4 Å². The second-order valence-corrected chi connectivity index (χ2v) is 5.59. The van der Waals surface area contributed by atoms with Gasteiger partial charge in [0.1, 0.15) is 16.5 Å². The summed E-state index contributed by atoms with van der Waals surface area (Å²) in [4.78, 5) is 0. The highest BCUT2D eigenvalue weighted by Crippen LogP contribution is 2.26. The summed E-state index contributed by atoms with van der Waals surface area (Å²) < 4.78 is 5.60. The van der Waals surface area contributed by atoms with Crippen LogP contribution in [0.3, 0.4) is 0 Å². The number of halogens is 1. The van der Waals surface area contributed by atoms with Gasteiger partial charge in [0.05, 0.1) is 11.5 Å². The van der Waals surface area contributed by atoms with Gasteiger partial charge >= 0.3 is 0 Å². The number of hydrogen-bond acceptors (Lipinski definition) is 4. The third-order valence-corrected chi connectivity index (χ3v) is 4.30. The third-order valence-electron chi connectivity index (χ3n) is 2.74.